The average Bonchev–Trinajstić information content (AvgIpc) is 3.09. The van der Waals surface area contributed by atoms with E-state index in [0.29, 0.717) is 22.0 Å². The molecular weight excluding hydrogens is 327 g/mol. The number of hydrogen-bond donors (Lipinski definition) is 0. The van der Waals surface area contributed by atoms with Crippen molar-refractivity contribution in [2.45, 2.75) is 25.7 Å². The summed E-state index contributed by atoms with van der Waals surface area (Å²) in [5, 5.41) is 4.01. The van der Waals surface area contributed by atoms with E-state index in [-0.39, 0.29) is 17.4 Å². The van der Waals surface area contributed by atoms with Crippen LogP contribution in [-0.2, 0) is 0 Å². The Morgan fingerprint density at radius 1 is 1.25 bits per heavy atom. The molecule has 124 valence electrons. The van der Waals surface area contributed by atoms with Gasteiger partial charge < -0.3 is 4.52 Å². The highest BCUT2D eigenvalue weighted by atomic mass is 32.2. The predicted octanol–water partition coefficient (Wildman–Crippen LogP) is 4.50. The van der Waals surface area contributed by atoms with Crippen molar-refractivity contribution in [2.75, 3.05) is 5.75 Å². The Bertz CT molecular complexity index is 898. The Morgan fingerprint density at radius 3 is 2.67 bits per heavy atom. The van der Waals surface area contributed by atoms with Gasteiger partial charge in [0.25, 0.3) is 0 Å². The van der Waals surface area contributed by atoms with E-state index in [9.17, 15) is 9.18 Å². The first-order valence-corrected chi connectivity index (χ1v) is 8.49. The van der Waals surface area contributed by atoms with Crippen LogP contribution in [0.2, 0.25) is 0 Å². The molecule has 3 rings (SSSR count). The number of carbonyl (C=O) groups excluding carboxylic acids is 1. The monoisotopic (exact) mass is 344 g/mol. The van der Waals surface area contributed by atoms with Crippen molar-refractivity contribution in [2.24, 2.45) is 0 Å². The molecule has 2 aromatic heterocycles. The number of rotatable bonds is 5. The fourth-order valence-electron chi connectivity index (χ4n) is 2.64. The van der Waals surface area contributed by atoms with E-state index in [2.05, 4.69) is 5.16 Å². The Morgan fingerprint density at radius 2 is 2.00 bits per heavy atom. The standard InChI is InChI=1S/C18H17FN2O2S/c1-11-8-14(13(3)21(11)18-9-12(2)23-20-18)16(22)10-24-17-7-5-4-6-15(17)19/h4-9H,10H2,1-3H3. The molecule has 0 fully saturated rings. The Balaban J connectivity index is 1.82. The lowest BCUT2D eigenvalue weighted by Gasteiger charge is -2.05. The van der Waals surface area contributed by atoms with Crippen molar-refractivity contribution in [1.82, 2.24) is 9.72 Å². The lowest BCUT2D eigenvalue weighted by molar-refractivity contribution is 0.102. The number of aryl methyl sites for hydroxylation is 2. The molecule has 0 atom stereocenters. The van der Waals surface area contributed by atoms with Crippen LogP contribution in [-0.4, -0.2) is 21.3 Å². The van der Waals surface area contributed by atoms with E-state index in [0.717, 1.165) is 11.4 Å². The molecule has 24 heavy (non-hydrogen) atoms. The molecule has 2 heterocycles. The van der Waals surface area contributed by atoms with Gasteiger partial charge in [-0.3, -0.25) is 9.36 Å². The second-order valence-electron chi connectivity index (χ2n) is 5.56. The summed E-state index contributed by atoms with van der Waals surface area (Å²) >= 11 is 1.21. The van der Waals surface area contributed by atoms with Gasteiger partial charge in [0.2, 0.25) is 0 Å². The molecular formula is C18H17FN2O2S. The first-order valence-electron chi connectivity index (χ1n) is 7.50. The van der Waals surface area contributed by atoms with Crippen LogP contribution in [0.5, 0.6) is 0 Å². The third kappa shape index (κ3) is 3.14. The highest BCUT2D eigenvalue weighted by molar-refractivity contribution is 8.00. The van der Waals surface area contributed by atoms with Crippen LogP contribution in [0.1, 0.15) is 27.5 Å². The summed E-state index contributed by atoms with van der Waals surface area (Å²) in [5.41, 5.74) is 2.33. The fraction of sp³-hybridized carbons (Fsp3) is 0.222. The summed E-state index contributed by atoms with van der Waals surface area (Å²) in [6, 6.07) is 10.1. The normalized spacial score (nSPS) is 11.0. The summed E-state index contributed by atoms with van der Waals surface area (Å²) in [4.78, 5) is 13.0. The number of Topliss-reactive ketones (excluding diaryl/α,β-unsaturated/α-hetero) is 1. The molecule has 1 aromatic carbocycles. The fourth-order valence-corrected chi connectivity index (χ4v) is 3.46. The van der Waals surface area contributed by atoms with Gasteiger partial charge in [-0.25, -0.2) is 4.39 Å². The average molecular weight is 344 g/mol. The number of aromatic nitrogens is 2. The third-order valence-corrected chi connectivity index (χ3v) is 4.82. The maximum Gasteiger partial charge on any atom is 0.180 e. The second-order valence-corrected chi connectivity index (χ2v) is 6.58. The SMILES string of the molecule is Cc1cc(-n2c(C)cc(C(=O)CSc3ccccc3F)c2C)no1. The van der Waals surface area contributed by atoms with E-state index in [1.165, 1.54) is 17.8 Å². The van der Waals surface area contributed by atoms with Crippen molar-refractivity contribution in [3.63, 3.8) is 0 Å². The van der Waals surface area contributed by atoms with Gasteiger partial charge in [-0.15, -0.1) is 11.8 Å². The second kappa shape index (κ2) is 6.65. The van der Waals surface area contributed by atoms with Gasteiger partial charge in [0.05, 0.1) is 5.75 Å². The van der Waals surface area contributed by atoms with Crippen LogP contribution in [0.3, 0.4) is 0 Å². The van der Waals surface area contributed by atoms with E-state index >= 15 is 0 Å². The van der Waals surface area contributed by atoms with Crippen LogP contribution in [0, 0.1) is 26.6 Å². The lowest BCUT2D eigenvalue weighted by atomic mass is 10.2. The zero-order valence-electron chi connectivity index (χ0n) is 13.7. The largest absolute Gasteiger partial charge is 0.360 e. The van der Waals surface area contributed by atoms with Gasteiger partial charge in [-0.05, 0) is 39.0 Å². The lowest BCUT2D eigenvalue weighted by Crippen LogP contribution is -2.06. The van der Waals surface area contributed by atoms with E-state index in [1.807, 2.05) is 37.5 Å². The molecule has 0 bridgehead atoms. The molecule has 0 unspecified atom stereocenters. The molecule has 0 aliphatic carbocycles. The van der Waals surface area contributed by atoms with Crippen LogP contribution in [0.15, 0.2) is 45.8 Å². The van der Waals surface area contributed by atoms with E-state index < -0.39 is 0 Å². The smallest absolute Gasteiger partial charge is 0.180 e. The predicted molar refractivity (Wildman–Crippen MR) is 91.5 cm³/mol. The zero-order valence-corrected chi connectivity index (χ0v) is 14.5. The molecule has 3 aromatic rings. The Labute approximate surface area is 143 Å². The maximum atomic E-state index is 13.7. The topological polar surface area (TPSA) is 48.0 Å². The summed E-state index contributed by atoms with van der Waals surface area (Å²) < 4.78 is 20.7. The van der Waals surface area contributed by atoms with Gasteiger partial charge in [-0.1, -0.05) is 17.3 Å². The molecule has 0 aliphatic heterocycles. The molecule has 6 heteroatoms. The van der Waals surface area contributed by atoms with Gasteiger partial charge >= 0.3 is 0 Å². The number of hydrogen-bond acceptors (Lipinski definition) is 4. The maximum absolute atomic E-state index is 13.7. The highest BCUT2D eigenvalue weighted by Crippen LogP contribution is 2.25. The molecule has 0 saturated heterocycles. The minimum absolute atomic E-state index is 0.0391. The number of nitrogens with zero attached hydrogens (tertiary/aromatic N) is 2. The molecule has 4 nitrogen and oxygen atoms in total. The first-order chi connectivity index (χ1) is 11.5. The van der Waals surface area contributed by atoms with Crippen molar-refractivity contribution in [3.05, 3.63) is 64.9 Å². The quantitative estimate of drug-likeness (QED) is 0.505. The van der Waals surface area contributed by atoms with Crippen molar-refractivity contribution >= 4 is 17.5 Å². The number of thioether (sulfide) groups is 1. The molecule has 0 radical (unpaired) electrons. The number of carbonyl (C=O) groups is 1. The minimum atomic E-state index is -0.307. The molecule has 0 saturated carbocycles. The Kier molecular flexibility index (Phi) is 4.57. The summed E-state index contributed by atoms with van der Waals surface area (Å²) in [6.07, 6.45) is 0. The van der Waals surface area contributed by atoms with Crippen LogP contribution < -0.4 is 0 Å². The minimum Gasteiger partial charge on any atom is -0.360 e. The van der Waals surface area contributed by atoms with Crippen molar-refractivity contribution < 1.29 is 13.7 Å². The van der Waals surface area contributed by atoms with E-state index in [4.69, 9.17) is 4.52 Å². The van der Waals surface area contributed by atoms with Gasteiger partial charge in [-0.2, -0.15) is 0 Å². The van der Waals surface area contributed by atoms with Crippen LogP contribution >= 0.6 is 11.8 Å². The molecule has 0 N–H and O–H groups in total. The summed E-state index contributed by atoms with van der Waals surface area (Å²) in [5.74, 6) is 1.20. The molecule has 0 spiro atoms. The van der Waals surface area contributed by atoms with Gasteiger partial charge in [0, 0.05) is 27.9 Å². The highest BCUT2D eigenvalue weighted by Gasteiger charge is 2.18. The number of ketones is 1. The summed E-state index contributed by atoms with van der Waals surface area (Å²) in [7, 11) is 0. The van der Waals surface area contributed by atoms with Gasteiger partial charge in [0.15, 0.2) is 11.6 Å². The Hall–Kier alpha value is -2.34. The number of benzene rings is 1. The van der Waals surface area contributed by atoms with Gasteiger partial charge in [0.1, 0.15) is 11.6 Å². The van der Waals surface area contributed by atoms with Crippen molar-refractivity contribution in [1.29, 1.82) is 0 Å². The van der Waals surface area contributed by atoms with Crippen LogP contribution in [0.4, 0.5) is 4.39 Å². The van der Waals surface area contributed by atoms with Crippen molar-refractivity contribution in [3.8, 4) is 5.82 Å². The zero-order chi connectivity index (χ0) is 17.3. The molecule has 0 aliphatic rings. The third-order valence-electron chi connectivity index (χ3n) is 3.77. The van der Waals surface area contributed by atoms with E-state index in [1.54, 1.807) is 18.2 Å². The summed E-state index contributed by atoms with van der Waals surface area (Å²) in [6.45, 7) is 5.61. The van der Waals surface area contributed by atoms with Crippen LogP contribution in [0.25, 0.3) is 5.82 Å². The molecule has 0 amide bonds. The number of halogens is 1. The first kappa shape index (κ1) is 16.5.